The van der Waals surface area contributed by atoms with Gasteiger partial charge in [0.15, 0.2) is 0 Å². The molecule has 5 nitrogen and oxygen atoms in total. The molecule has 2 heterocycles. The summed E-state index contributed by atoms with van der Waals surface area (Å²) < 4.78 is 0. The molecule has 5 heteroatoms. The largest absolute Gasteiger partial charge is 0.355 e. The average Bonchev–Trinajstić information content (AvgIpc) is 2.62. The number of carbonyl (C=O) groups is 1. The summed E-state index contributed by atoms with van der Waals surface area (Å²) in [5.41, 5.74) is 2.62. The minimum absolute atomic E-state index is 0.000693. The van der Waals surface area contributed by atoms with Crippen LogP contribution in [0.2, 0.25) is 0 Å². The van der Waals surface area contributed by atoms with Crippen LogP contribution in [0.4, 0.5) is 5.82 Å². The van der Waals surface area contributed by atoms with E-state index in [9.17, 15) is 4.79 Å². The van der Waals surface area contributed by atoms with Gasteiger partial charge in [-0.25, -0.2) is 4.98 Å². The molecule has 24 heavy (non-hydrogen) atoms. The highest BCUT2D eigenvalue weighted by Crippen LogP contribution is 2.23. The molecule has 1 fully saturated rings. The van der Waals surface area contributed by atoms with Gasteiger partial charge in [0, 0.05) is 31.4 Å². The van der Waals surface area contributed by atoms with Gasteiger partial charge in [0.2, 0.25) is 0 Å². The third kappa shape index (κ3) is 3.91. The van der Waals surface area contributed by atoms with Gasteiger partial charge in [0.25, 0.3) is 5.91 Å². The fourth-order valence-electron chi connectivity index (χ4n) is 3.18. The van der Waals surface area contributed by atoms with Crippen molar-refractivity contribution in [3.63, 3.8) is 0 Å². The Kier molecular flexibility index (Phi) is 5.08. The van der Waals surface area contributed by atoms with E-state index in [1.165, 1.54) is 0 Å². The van der Waals surface area contributed by atoms with E-state index >= 15 is 0 Å². The summed E-state index contributed by atoms with van der Waals surface area (Å²) in [5.74, 6) is 1.42. The molecule has 0 spiro atoms. The summed E-state index contributed by atoms with van der Waals surface area (Å²) in [7, 11) is 0. The number of nitrogens with zero attached hydrogens (tertiary/aromatic N) is 3. The van der Waals surface area contributed by atoms with Crippen molar-refractivity contribution < 1.29 is 4.79 Å². The van der Waals surface area contributed by atoms with Crippen LogP contribution in [0.1, 0.15) is 34.6 Å². The van der Waals surface area contributed by atoms with E-state index in [-0.39, 0.29) is 5.91 Å². The van der Waals surface area contributed by atoms with E-state index in [2.05, 4.69) is 20.2 Å². The molecule has 1 amide bonds. The van der Waals surface area contributed by atoms with E-state index in [0.717, 1.165) is 43.1 Å². The molecule has 0 saturated carbocycles. The molecule has 0 bridgehead atoms. The molecule has 1 saturated heterocycles. The first-order valence-corrected chi connectivity index (χ1v) is 8.52. The Labute approximate surface area is 143 Å². The maximum Gasteiger partial charge on any atom is 0.251 e. The average molecular weight is 324 g/mol. The SMILES string of the molecule is Cc1cnc(C)c(N2CCC[C@@H](CNC(=O)c3ccccc3)C2)n1. The van der Waals surface area contributed by atoms with Crippen LogP contribution in [0.25, 0.3) is 0 Å². The van der Waals surface area contributed by atoms with Crippen LogP contribution in [0.15, 0.2) is 36.5 Å². The Morgan fingerprint density at radius 2 is 2.08 bits per heavy atom. The topological polar surface area (TPSA) is 58.1 Å². The molecular formula is C19H24N4O. The third-order valence-electron chi connectivity index (χ3n) is 4.46. The van der Waals surface area contributed by atoms with E-state index in [4.69, 9.17) is 0 Å². The minimum atomic E-state index is -0.000693. The maximum absolute atomic E-state index is 12.2. The van der Waals surface area contributed by atoms with E-state index in [0.29, 0.717) is 18.0 Å². The zero-order chi connectivity index (χ0) is 16.9. The fraction of sp³-hybridized carbons (Fsp3) is 0.421. The van der Waals surface area contributed by atoms with Gasteiger partial charge in [-0.05, 0) is 44.7 Å². The Bertz CT molecular complexity index is 702. The summed E-state index contributed by atoms with van der Waals surface area (Å²) >= 11 is 0. The predicted octanol–water partition coefficient (Wildman–Crippen LogP) is 2.74. The molecule has 0 unspecified atom stereocenters. The molecule has 1 N–H and O–H groups in total. The van der Waals surface area contributed by atoms with Gasteiger partial charge < -0.3 is 10.2 Å². The molecule has 3 rings (SSSR count). The first kappa shape index (κ1) is 16.4. The van der Waals surface area contributed by atoms with Crippen molar-refractivity contribution >= 4 is 11.7 Å². The van der Waals surface area contributed by atoms with Crippen molar-refractivity contribution in [2.45, 2.75) is 26.7 Å². The van der Waals surface area contributed by atoms with Gasteiger partial charge in [0.1, 0.15) is 5.82 Å². The molecule has 0 aliphatic carbocycles. The molecular weight excluding hydrogens is 300 g/mol. The zero-order valence-corrected chi connectivity index (χ0v) is 14.3. The Morgan fingerprint density at radius 1 is 1.29 bits per heavy atom. The number of carbonyl (C=O) groups excluding carboxylic acids is 1. The monoisotopic (exact) mass is 324 g/mol. The number of hydrogen-bond acceptors (Lipinski definition) is 4. The van der Waals surface area contributed by atoms with Gasteiger partial charge in [0.05, 0.1) is 11.4 Å². The third-order valence-corrected chi connectivity index (χ3v) is 4.46. The van der Waals surface area contributed by atoms with E-state index < -0.39 is 0 Å². The second-order valence-electron chi connectivity index (χ2n) is 6.45. The summed E-state index contributed by atoms with van der Waals surface area (Å²) in [5, 5.41) is 3.07. The van der Waals surface area contributed by atoms with Crippen LogP contribution in [-0.2, 0) is 0 Å². The van der Waals surface area contributed by atoms with Crippen LogP contribution in [0.3, 0.4) is 0 Å². The number of amides is 1. The molecule has 1 atom stereocenters. The Morgan fingerprint density at radius 3 is 2.88 bits per heavy atom. The van der Waals surface area contributed by atoms with Gasteiger partial charge in [-0.2, -0.15) is 0 Å². The molecule has 1 aromatic heterocycles. The van der Waals surface area contributed by atoms with E-state index in [1.807, 2.05) is 44.2 Å². The standard InChI is InChI=1S/C19H24N4O/c1-14-11-20-15(2)18(22-14)23-10-6-7-16(13-23)12-21-19(24)17-8-4-3-5-9-17/h3-5,8-9,11,16H,6-7,10,12-13H2,1-2H3,(H,21,24)/t16-/m0/s1. The van der Waals surface area contributed by atoms with Gasteiger partial charge in [-0.1, -0.05) is 18.2 Å². The summed E-state index contributed by atoms with van der Waals surface area (Å²) in [6.07, 6.45) is 4.05. The van der Waals surface area contributed by atoms with Gasteiger partial charge in [-0.15, -0.1) is 0 Å². The number of benzene rings is 1. The fourth-order valence-corrected chi connectivity index (χ4v) is 3.18. The van der Waals surface area contributed by atoms with Crippen molar-refractivity contribution in [2.75, 3.05) is 24.5 Å². The van der Waals surface area contributed by atoms with Gasteiger partial charge >= 0.3 is 0 Å². The second-order valence-corrected chi connectivity index (χ2v) is 6.45. The quantitative estimate of drug-likeness (QED) is 0.939. The van der Waals surface area contributed by atoms with Crippen molar-refractivity contribution in [1.29, 1.82) is 0 Å². The van der Waals surface area contributed by atoms with Crippen LogP contribution in [0, 0.1) is 19.8 Å². The summed E-state index contributed by atoms with van der Waals surface area (Å²) in [6.45, 7) is 6.58. The summed E-state index contributed by atoms with van der Waals surface area (Å²) in [4.78, 5) is 23.6. The molecule has 2 aromatic rings. The lowest BCUT2D eigenvalue weighted by molar-refractivity contribution is 0.0945. The maximum atomic E-state index is 12.2. The molecule has 1 aromatic carbocycles. The van der Waals surface area contributed by atoms with Crippen LogP contribution in [-0.4, -0.2) is 35.5 Å². The highest BCUT2D eigenvalue weighted by Gasteiger charge is 2.23. The lowest BCUT2D eigenvalue weighted by Crippen LogP contribution is -2.41. The minimum Gasteiger partial charge on any atom is -0.355 e. The molecule has 0 radical (unpaired) electrons. The predicted molar refractivity (Wildman–Crippen MR) is 95.2 cm³/mol. The number of anilines is 1. The number of piperidine rings is 1. The normalized spacial score (nSPS) is 17.6. The van der Waals surface area contributed by atoms with Crippen LogP contribution >= 0.6 is 0 Å². The van der Waals surface area contributed by atoms with Gasteiger partial charge in [-0.3, -0.25) is 9.78 Å². The van der Waals surface area contributed by atoms with Crippen molar-refractivity contribution in [2.24, 2.45) is 5.92 Å². The Balaban J connectivity index is 1.60. The Hall–Kier alpha value is -2.43. The summed E-state index contributed by atoms with van der Waals surface area (Å²) in [6, 6.07) is 9.37. The lowest BCUT2D eigenvalue weighted by atomic mass is 9.97. The molecule has 126 valence electrons. The number of nitrogens with one attached hydrogen (secondary N) is 1. The lowest BCUT2D eigenvalue weighted by Gasteiger charge is -2.34. The molecule has 1 aliphatic heterocycles. The number of aromatic nitrogens is 2. The number of aryl methyl sites for hydroxylation is 2. The van der Waals surface area contributed by atoms with E-state index in [1.54, 1.807) is 6.20 Å². The second kappa shape index (κ2) is 7.43. The molecule has 1 aliphatic rings. The number of hydrogen-bond donors (Lipinski definition) is 1. The van der Waals surface area contributed by atoms with Crippen molar-refractivity contribution in [3.05, 3.63) is 53.5 Å². The first-order chi connectivity index (χ1) is 11.6. The van der Waals surface area contributed by atoms with Crippen molar-refractivity contribution in [1.82, 2.24) is 15.3 Å². The highest BCUT2D eigenvalue weighted by atomic mass is 16.1. The van der Waals surface area contributed by atoms with Crippen LogP contribution < -0.4 is 10.2 Å². The highest BCUT2D eigenvalue weighted by molar-refractivity contribution is 5.94. The van der Waals surface area contributed by atoms with Crippen LogP contribution in [0.5, 0.6) is 0 Å². The first-order valence-electron chi connectivity index (χ1n) is 8.52. The van der Waals surface area contributed by atoms with Crippen molar-refractivity contribution in [3.8, 4) is 0 Å². The smallest absolute Gasteiger partial charge is 0.251 e. The number of rotatable bonds is 4. The zero-order valence-electron chi connectivity index (χ0n) is 14.3.